The summed E-state index contributed by atoms with van der Waals surface area (Å²) in [6.45, 7) is 1.72. The molecule has 0 saturated carbocycles. The van der Waals surface area contributed by atoms with Crippen molar-refractivity contribution >= 4 is 11.6 Å². The largest absolute Gasteiger partial charge is 0.399 e. The summed E-state index contributed by atoms with van der Waals surface area (Å²) < 4.78 is 0.973. The van der Waals surface area contributed by atoms with Crippen LogP contribution in [0.15, 0.2) is 35.1 Å². The van der Waals surface area contributed by atoms with Gasteiger partial charge in [-0.05, 0) is 31.2 Å². The zero-order valence-corrected chi connectivity index (χ0v) is 8.73. The van der Waals surface area contributed by atoms with E-state index in [-0.39, 0.29) is 5.56 Å². The van der Waals surface area contributed by atoms with Crippen molar-refractivity contribution < 1.29 is 4.79 Å². The molecule has 1 aromatic heterocycles. The second kappa shape index (κ2) is 3.69. The Bertz CT molecular complexity index is 578. The van der Waals surface area contributed by atoms with Crippen LogP contribution in [0.5, 0.6) is 0 Å². The molecule has 0 aliphatic rings. The number of aromatic amines is 1. The van der Waals surface area contributed by atoms with Crippen LogP contribution in [-0.4, -0.2) is 15.7 Å². The van der Waals surface area contributed by atoms with E-state index < -0.39 is 5.91 Å². The van der Waals surface area contributed by atoms with Crippen molar-refractivity contribution in [3.63, 3.8) is 0 Å². The van der Waals surface area contributed by atoms with Gasteiger partial charge in [0.25, 0.3) is 11.5 Å². The summed E-state index contributed by atoms with van der Waals surface area (Å²) in [7, 11) is 0. The second-order valence-corrected chi connectivity index (χ2v) is 3.54. The van der Waals surface area contributed by atoms with Gasteiger partial charge in [0.2, 0.25) is 0 Å². The fraction of sp³-hybridized carbons (Fsp3) is 0.0909. The quantitative estimate of drug-likeness (QED) is 0.692. The van der Waals surface area contributed by atoms with E-state index >= 15 is 0 Å². The van der Waals surface area contributed by atoms with Crippen LogP contribution in [0.1, 0.15) is 16.1 Å². The minimum Gasteiger partial charge on any atom is -0.399 e. The van der Waals surface area contributed by atoms with Crippen molar-refractivity contribution in [3.8, 4) is 0 Å². The van der Waals surface area contributed by atoms with Gasteiger partial charge in [0.15, 0.2) is 0 Å². The first-order valence-electron chi connectivity index (χ1n) is 4.77. The number of hydrogen-bond acceptors (Lipinski definition) is 3. The number of nitrogen functional groups attached to an aromatic ring is 1. The molecule has 2 aromatic rings. The Kier molecular flexibility index (Phi) is 2.36. The molecule has 3 N–H and O–H groups in total. The molecular weight excluding hydrogens is 206 g/mol. The molecule has 0 radical (unpaired) electrons. The number of nitrogens with one attached hydrogen (secondary N) is 1. The molecule has 16 heavy (non-hydrogen) atoms. The number of H-pyrrole nitrogens is 1. The molecule has 0 aliphatic heterocycles. The second-order valence-electron chi connectivity index (χ2n) is 3.54. The topological polar surface area (TPSA) is 80.9 Å². The van der Waals surface area contributed by atoms with Gasteiger partial charge in [0.05, 0.1) is 0 Å². The number of anilines is 1. The highest BCUT2D eigenvalue weighted by Gasteiger charge is 2.11. The number of benzene rings is 1. The third kappa shape index (κ3) is 1.75. The van der Waals surface area contributed by atoms with Crippen molar-refractivity contribution in [3.05, 3.63) is 51.9 Å². The monoisotopic (exact) mass is 217 g/mol. The van der Waals surface area contributed by atoms with E-state index in [0.29, 0.717) is 16.9 Å². The van der Waals surface area contributed by atoms with Gasteiger partial charge in [0.1, 0.15) is 0 Å². The van der Waals surface area contributed by atoms with E-state index in [9.17, 15) is 9.59 Å². The smallest absolute Gasteiger partial charge is 0.279 e. The van der Waals surface area contributed by atoms with Crippen LogP contribution in [0.25, 0.3) is 0 Å². The number of carbonyl (C=O) groups is 1. The van der Waals surface area contributed by atoms with Crippen LogP contribution in [0.4, 0.5) is 5.69 Å². The molecule has 82 valence electrons. The van der Waals surface area contributed by atoms with Gasteiger partial charge in [-0.2, -0.15) is 4.68 Å². The highest BCUT2D eigenvalue weighted by molar-refractivity contribution is 5.95. The Hall–Kier alpha value is -2.30. The minimum absolute atomic E-state index is 0.362. The maximum Gasteiger partial charge on any atom is 0.279 e. The molecule has 0 aliphatic carbocycles. The van der Waals surface area contributed by atoms with Gasteiger partial charge in [0, 0.05) is 23.0 Å². The summed E-state index contributed by atoms with van der Waals surface area (Å²) in [5.74, 6) is -0.391. The number of aromatic nitrogens is 2. The van der Waals surface area contributed by atoms with Gasteiger partial charge in [-0.3, -0.25) is 14.7 Å². The maximum absolute atomic E-state index is 11.9. The zero-order chi connectivity index (χ0) is 11.7. The summed E-state index contributed by atoms with van der Waals surface area (Å²) in [6, 6.07) is 7.78. The van der Waals surface area contributed by atoms with Crippen molar-refractivity contribution in [1.82, 2.24) is 9.78 Å². The van der Waals surface area contributed by atoms with Gasteiger partial charge >= 0.3 is 0 Å². The van der Waals surface area contributed by atoms with Crippen molar-refractivity contribution in [1.29, 1.82) is 0 Å². The first kappa shape index (κ1) is 10.2. The number of hydrogen-bond donors (Lipinski definition) is 2. The van der Waals surface area contributed by atoms with Crippen LogP contribution in [0, 0.1) is 6.92 Å². The lowest BCUT2D eigenvalue weighted by molar-refractivity contribution is 0.0941. The van der Waals surface area contributed by atoms with Crippen LogP contribution in [0.3, 0.4) is 0 Å². The van der Waals surface area contributed by atoms with Crippen LogP contribution in [-0.2, 0) is 0 Å². The highest BCUT2D eigenvalue weighted by Crippen LogP contribution is 2.06. The van der Waals surface area contributed by atoms with E-state index in [1.54, 1.807) is 31.2 Å². The Balaban J connectivity index is 2.43. The fourth-order valence-corrected chi connectivity index (χ4v) is 1.42. The number of rotatable bonds is 1. The molecule has 2 rings (SSSR count). The minimum atomic E-state index is -0.391. The molecule has 0 unspecified atom stereocenters. The number of aryl methyl sites for hydroxylation is 1. The Morgan fingerprint density at radius 2 is 1.94 bits per heavy atom. The van der Waals surface area contributed by atoms with Gasteiger partial charge < -0.3 is 5.73 Å². The molecule has 0 atom stereocenters. The van der Waals surface area contributed by atoms with Crippen molar-refractivity contribution in [2.75, 3.05) is 5.73 Å². The van der Waals surface area contributed by atoms with E-state index in [1.165, 1.54) is 6.07 Å². The predicted molar refractivity (Wildman–Crippen MR) is 60.4 cm³/mol. The Labute approximate surface area is 91.5 Å². The lowest BCUT2D eigenvalue weighted by atomic mass is 10.2. The SMILES string of the molecule is Cc1cc(=O)n(C(=O)c2ccc(N)cc2)[nH]1. The summed E-state index contributed by atoms with van der Waals surface area (Å²) in [4.78, 5) is 23.3. The summed E-state index contributed by atoms with van der Waals surface area (Å²) in [5.41, 5.74) is 6.79. The first-order chi connectivity index (χ1) is 7.58. The molecular formula is C11H11N3O2. The van der Waals surface area contributed by atoms with E-state index in [4.69, 9.17) is 5.73 Å². The lowest BCUT2D eigenvalue weighted by Crippen LogP contribution is -2.24. The first-order valence-corrected chi connectivity index (χ1v) is 4.77. The molecule has 0 saturated heterocycles. The summed E-state index contributed by atoms with van der Waals surface area (Å²) in [6.07, 6.45) is 0. The fourth-order valence-electron chi connectivity index (χ4n) is 1.42. The van der Waals surface area contributed by atoms with E-state index in [2.05, 4.69) is 5.10 Å². The van der Waals surface area contributed by atoms with Gasteiger partial charge in [-0.1, -0.05) is 0 Å². The molecule has 1 aromatic carbocycles. The van der Waals surface area contributed by atoms with Gasteiger partial charge in [-0.25, -0.2) is 0 Å². The molecule has 0 bridgehead atoms. The van der Waals surface area contributed by atoms with Crippen molar-refractivity contribution in [2.24, 2.45) is 0 Å². The molecule has 0 amide bonds. The van der Waals surface area contributed by atoms with Crippen LogP contribution in [0.2, 0.25) is 0 Å². The lowest BCUT2D eigenvalue weighted by Gasteiger charge is -2.01. The predicted octanol–water partition coefficient (Wildman–Crippen LogP) is 0.756. The van der Waals surface area contributed by atoms with E-state index in [0.717, 1.165) is 4.68 Å². The standard InChI is InChI=1S/C11H11N3O2/c1-7-6-10(15)14(13-7)11(16)8-2-4-9(12)5-3-8/h2-6,13H,12H2,1H3. The number of nitrogens with zero attached hydrogens (tertiary/aromatic N) is 1. The molecule has 5 nitrogen and oxygen atoms in total. The Morgan fingerprint density at radius 1 is 1.31 bits per heavy atom. The summed E-state index contributed by atoms with van der Waals surface area (Å²) >= 11 is 0. The normalized spacial score (nSPS) is 10.3. The van der Waals surface area contributed by atoms with Crippen LogP contribution >= 0.6 is 0 Å². The average molecular weight is 217 g/mol. The molecule has 0 spiro atoms. The zero-order valence-electron chi connectivity index (χ0n) is 8.73. The van der Waals surface area contributed by atoms with Gasteiger partial charge in [-0.15, -0.1) is 0 Å². The van der Waals surface area contributed by atoms with Crippen LogP contribution < -0.4 is 11.3 Å². The Morgan fingerprint density at radius 3 is 2.44 bits per heavy atom. The third-order valence-electron chi connectivity index (χ3n) is 2.21. The average Bonchev–Trinajstić information content (AvgIpc) is 2.58. The van der Waals surface area contributed by atoms with E-state index in [1.807, 2.05) is 0 Å². The van der Waals surface area contributed by atoms with Crippen molar-refractivity contribution in [2.45, 2.75) is 6.92 Å². The maximum atomic E-state index is 11.9. The molecule has 1 heterocycles. The number of carbonyl (C=O) groups excluding carboxylic acids is 1. The summed E-state index contributed by atoms with van der Waals surface area (Å²) in [5, 5.41) is 2.68. The number of nitrogens with two attached hydrogens (primary N) is 1. The molecule has 5 heteroatoms. The highest BCUT2D eigenvalue weighted by atomic mass is 16.2. The third-order valence-corrected chi connectivity index (χ3v) is 2.21. The molecule has 0 fully saturated rings.